The lowest BCUT2D eigenvalue weighted by Crippen LogP contribution is -2.18. The molecule has 1 aromatic heterocycles. The van der Waals surface area contributed by atoms with Crippen molar-refractivity contribution in [1.29, 1.82) is 5.26 Å². The molecule has 8 nitrogen and oxygen atoms in total. The number of pyridine rings is 1. The maximum atomic E-state index is 11.3. The highest BCUT2D eigenvalue weighted by Gasteiger charge is 2.17. The smallest absolute Gasteiger partial charge is 0.312 e. The van der Waals surface area contributed by atoms with Crippen LogP contribution in [0.2, 0.25) is 0 Å². The van der Waals surface area contributed by atoms with E-state index in [0.29, 0.717) is 0 Å². The zero-order valence-electron chi connectivity index (χ0n) is 10.2. The number of nitrogens with zero attached hydrogens (tertiary/aromatic N) is 3. The summed E-state index contributed by atoms with van der Waals surface area (Å²) in [5.41, 5.74) is -0.286. The van der Waals surface area contributed by atoms with Crippen molar-refractivity contribution in [2.24, 2.45) is 0 Å². The molecule has 1 rings (SSSR count). The Morgan fingerprint density at radius 1 is 1.58 bits per heavy atom. The molecule has 0 aliphatic heterocycles. The van der Waals surface area contributed by atoms with Crippen molar-refractivity contribution in [3.63, 3.8) is 0 Å². The van der Waals surface area contributed by atoms with E-state index < -0.39 is 14.8 Å². The van der Waals surface area contributed by atoms with Gasteiger partial charge in [0.2, 0.25) is 5.82 Å². The molecule has 0 atom stereocenters. The molecule has 0 bridgehead atoms. The Kier molecular flexibility index (Phi) is 4.77. The maximum Gasteiger partial charge on any atom is 0.312 e. The molecule has 0 radical (unpaired) electrons. The first-order valence-corrected chi connectivity index (χ1v) is 7.20. The third-order valence-electron chi connectivity index (χ3n) is 2.34. The summed E-state index contributed by atoms with van der Waals surface area (Å²) in [5.74, 6) is -0.171. The summed E-state index contributed by atoms with van der Waals surface area (Å²) in [6.45, 7) is 1.55. The van der Waals surface area contributed by atoms with Crippen LogP contribution >= 0.6 is 0 Å². The number of nitrogens with one attached hydrogen (secondary N) is 1. The first-order chi connectivity index (χ1) is 8.89. The van der Waals surface area contributed by atoms with E-state index in [1.807, 2.05) is 0 Å². The number of nitro groups is 1. The Morgan fingerprint density at radius 2 is 2.26 bits per heavy atom. The third-order valence-corrected chi connectivity index (χ3v) is 4.04. The van der Waals surface area contributed by atoms with Gasteiger partial charge in [-0.2, -0.15) is 5.26 Å². The fourth-order valence-corrected chi connectivity index (χ4v) is 1.96. The molecule has 0 saturated carbocycles. The van der Waals surface area contributed by atoms with E-state index in [1.54, 1.807) is 6.07 Å². The summed E-state index contributed by atoms with van der Waals surface area (Å²) in [5, 5.41) is 22.0. The Bertz CT molecular complexity index is 621. The molecule has 102 valence electrons. The van der Waals surface area contributed by atoms with E-state index in [0.717, 1.165) is 6.07 Å². The zero-order valence-corrected chi connectivity index (χ0v) is 11.0. The standard InChI is InChI=1S/C10H12N4O4S/c1-2-19(17,18)4-3-12-10-9(14(15)16)5-8(6-11)7-13-10/h5,7H,2-4H2,1H3,(H,12,13). The van der Waals surface area contributed by atoms with Gasteiger partial charge in [0, 0.05) is 24.6 Å². The number of aromatic nitrogens is 1. The molecule has 0 saturated heterocycles. The largest absolute Gasteiger partial charge is 0.363 e. The molecular formula is C10H12N4O4S. The van der Waals surface area contributed by atoms with Crippen molar-refractivity contribution in [1.82, 2.24) is 4.98 Å². The lowest BCUT2D eigenvalue weighted by molar-refractivity contribution is -0.384. The molecule has 19 heavy (non-hydrogen) atoms. The van der Waals surface area contributed by atoms with Crippen molar-refractivity contribution in [3.8, 4) is 6.07 Å². The number of hydrogen-bond donors (Lipinski definition) is 1. The number of rotatable bonds is 6. The van der Waals surface area contributed by atoms with Gasteiger partial charge in [-0.3, -0.25) is 10.1 Å². The highest BCUT2D eigenvalue weighted by molar-refractivity contribution is 7.91. The van der Waals surface area contributed by atoms with Crippen LogP contribution in [-0.2, 0) is 9.84 Å². The van der Waals surface area contributed by atoms with E-state index >= 15 is 0 Å². The Balaban J connectivity index is 2.85. The van der Waals surface area contributed by atoms with Crippen LogP contribution in [0.5, 0.6) is 0 Å². The summed E-state index contributed by atoms with van der Waals surface area (Å²) < 4.78 is 22.5. The SMILES string of the molecule is CCS(=O)(=O)CCNc1ncc(C#N)cc1[N+](=O)[O-]. The molecule has 0 amide bonds. The van der Waals surface area contributed by atoms with E-state index in [2.05, 4.69) is 10.3 Å². The van der Waals surface area contributed by atoms with Crippen LogP contribution in [0.25, 0.3) is 0 Å². The van der Waals surface area contributed by atoms with E-state index in [9.17, 15) is 18.5 Å². The van der Waals surface area contributed by atoms with Gasteiger partial charge in [-0.1, -0.05) is 6.92 Å². The second-order valence-corrected chi connectivity index (χ2v) is 6.10. The quantitative estimate of drug-likeness (QED) is 0.602. The molecule has 1 heterocycles. The van der Waals surface area contributed by atoms with Gasteiger partial charge in [0.15, 0.2) is 9.84 Å². The molecule has 0 aliphatic carbocycles. The minimum Gasteiger partial charge on any atom is -0.363 e. The monoisotopic (exact) mass is 284 g/mol. The summed E-state index contributed by atoms with van der Waals surface area (Å²) in [6.07, 6.45) is 1.18. The average Bonchev–Trinajstić information content (AvgIpc) is 2.38. The topological polar surface area (TPSA) is 126 Å². The summed E-state index contributed by atoms with van der Waals surface area (Å²) >= 11 is 0. The molecule has 0 spiro atoms. The van der Waals surface area contributed by atoms with Gasteiger partial charge in [0.05, 0.1) is 16.2 Å². The molecule has 1 N–H and O–H groups in total. The number of hydrogen-bond acceptors (Lipinski definition) is 7. The van der Waals surface area contributed by atoms with Crippen molar-refractivity contribution in [3.05, 3.63) is 27.9 Å². The van der Waals surface area contributed by atoms with Gasteiger partial charge in [0.25, 0.3) is 0 Å². The van der Waals surface area contributed by atoms with Crippen molar-refractivity contribution < 1.29 is 13.3 Å². The predicted molar refractivity (Wildman–Crippen MR) is 68.4 cm³/mol. The van der Waals surface area contributed by atoms with Crippen LogP contribution in [0.1, 0.15) is 12.5 Å². The van der Waals surface area contributed by atoms with Gasteiger partial charge in [-0.15, -0.1) is 0 Å². The highest BCUT2D eigenvalue weighted by atomic mass is 32.2. The second-order valence-electron chi connectivity index (χ2n) is 3.62. The first-order valence-electron chi connectivity index (χ1n) is 5.38. The van der Waals surface area contributed by atoms with Gasteiger partial charge in [-0.25, -0.2) is 13.4 Å². The summed E-state index contributed by atoms with van der Waals surface area (Å²) in [7, 11) is -3.15. The van der Waals surface area contributed by atoms with Gasteiger partial charge < -0.3 is 5.32 Å². The van der Waals surface area contributed by atoms with E-state index in [-0.39, 0.29) is 35.1 Å². The summed E-state index contributed by atoms with van der Waals surface area (Å²) in [4.78, 5) is 13.9. The second kappa shape index (κ2) is 6.10. The highest BCUT2D eigenvalue weighted by Crippen LogP contribution is 2.22. The third kappa shape index (κ3) is 4.18. The van der Waals surface area contributed by atoms with Crippen molar-refractivity contribution >= 4 is 21.3 Å². The van der Waals surface area contributed by atoms with Gasteiger partial charge in [-0.05, 0) is 0 Å². The zero-order chi connectivity index (χ0) is 14.5. The Hall–Kier alpha value is -2.21. The fraction of sp³-hybridized carbons (Fsp3) is 0.400. The summed E-state index contributed by atoms with van der Waals surface area (Å²) in [6, 6.07) is 2.84. The lowest BCUT2D eigenvalue weighted by atomic mass is 10.3. The van der Waals surface area contributed by atoms with E-state index in [1.165, 1.54) is 13.1 Å². The van der Waals surface area contributed by atoms with Crippen molar-refractivity contribution in [2.75, 3.05) is 23.4 Å². The molecule has 0 aromatic carbocycles. The number of anilines is 1. The minimum atomic E-state index is -3.15. The Labute approximate surface area is 110 Å². The molecule has 9 heteroatoms. The van der Waals surface area contributed by atoms with Crippen LogP contribution < -0.4 is 5.32 Å². The van der Waals surface area contributed by atoms with Crippen LogP contribution in [0, 0.1) is 21.4 Å². The van der Waals surface area contributed by atoms with Gasteiger partial charge in [0.1, 0.15) is 6.07 Å². The average molecular weight is 284 g/mol. The molecule has 1 aromatic rings. The van der Waals surface area contributed by atoms with Crippen LogP contribution in [0.4, 0.5) is 11.5 Å². The van der Waals surface area contributed by atoms with Gasteiger partial charge >= 0.3 is 5.69 Å². The normalized spacial score (nSPS) is 10.7. The predicted octanol–water partition coefficient (Wildman–Crippen LogP) is 0.708. The fourth-order valence-electron chi connectivity index (χ4n) is 1.26. The molecule has 0 aliphatic rings. The van der Waals surface area contributed by atoms with Crippen LogP contribution in [-0.4, -0.2) is 36.4 Å². The number of nitriles is 1. The van der Waals surface area contributed by atoms with E-state index in [4.69, 9.17) is 5.26 Å². The molecular weight excluding hydrogens is 272 g/mol. The minimum absolute atomic E-state index is 0.0115. The number of sulfone groups is 1. The lowest BCUT2D eigenvalue weighted by Gasteiger charge is -2.06. The molecule has 0 unspecified atom stereocenters. The maximum absolute atomic E-state index is 11.3. The van der Waals surface area contributed by atoms with Crippen LogP contribution in [0.3, 0.4) is 0 Å². The first kappa shape index (κ1) is 14.8. The molecule has 0 fully saturated rings. The Morgan fingerprint density at radius 3 is 2.79 bits per heavy atom. The van der Waals surface area contributed by atoms with Crippen molar-refractivity contribution in [2.45, 2.75) is 6.92 Å². The van der Waals surface area contributed by atoms with Crippen LogP contribution in [0.15, 0.2) is 12.3 Å².